The number of pyridine rings is 1. The molecule has 2 rings (SSSR count). The van der Waals surface area contributed by atoms with E-state index < -0.39 is 5.97 Å². The number of rotatable bonds is 3. The van der Waals surface area contributed by atoms with Crippen LogP contribution in [0.3, 0.4) is 0 Å². The second-order valence-corrected chi connectivity index (χ2v) is 3.58. The molecule has 0 amide bonds. The molecule has 5 nitrogen and oxygen atoms in total. The molecule has 0 aliphatic carbocycles. The summed E-state index contributed by atoms with van der Waals surface area (Å²) in [5.74, 6) is -0.468. The van der Waals surface area contributed by atoms with Gasteiger partial charge in [-0.2, -0.15) is 0 Å². The molecule has 116 valence electrons. The zero-order valence-electron chi connectivity index (χ0n) is 13.2. The van der Waals surface area contributed by atoms with E-state index in [4.69, 9.17) is 9.84 Å². The molecule has 0 aliphatic rings. The Morgan fingerprint density at radius 1 is 1.14 bits per heavy atom. The summed E-state index contributed by atoms with van der Waals surface area (Å²) in [4.78, 5) is 22.4. The van der Waals surface area contributed by atoms with Gasteiger partial charge >= 0.3 is 5.97 Å². The van der Waals surface area contributed by atoms with Gasteiger partial charge in [0.2, 0.25) is 0 Å². The van der Waals surface area contributed by atoms with Crippen LogP contribution in [0.1, 0.15) is 27.7 Å². The number of carboxylic acid groups (broad SMARTS) is 1. The van der Waals surface area contributed by atoms with Crippen LogP contribution in [0.5, 0.6) is 5.75 Å². The number of nitrogens with zero attached hydrogens (tertiary/aromatic N) is 1. The van der Waals surface area contributed by atoms with E-state index in [9.17, 15) is 9.59 Å². The van der Waals surface area contributed by atoms with Gasteiger partial charge in [-0.25, -0.2) is 0 Å². The molecule has 1 heterocycles. The summed E-state index contributed by atoms with van der Waals surface area (Å²) in [6.07, 6.45) is 0. The number of carboxylic acids is 1. The predicted octanol–water partition coefficient (Wildman–Crippen LogP) is 3.15. The third-order valence-electron chi connectivity index (χ3n) is 2.49. The van der Waals surface area contributed by atoms with Gasteiger partial charge in [0.05, 0.1) is 12.6 Å². The minimum Gasteiger partial charge on any atom is -0.497 e. The van der Waals surface area contributed by atoms with Gasteiger partial charge < -0.3 is 9.84 Å². The van der Waals surface area contributed by atoms with Crippen molar-refractivity contribution in [1.82, 2.24) is 4.57 Å². The Morgan fingerprint density at radius 3 is 2.24 bits per heavy atom. The van der Waals surface area contributed by atoms with Gasteiger partial charge in [0.15, 0.2) is 0 Å². The Hall–Kier alpha value is -2.30. The first-order valence-corrected chi connectivity index (χ1v) is 7.01. The third kappa shape index (κ3) is 4.95. The Morgan fingerprint density at radius 2 is 1.71 bits per heavy atom. The highest BCUT2D eigenvalue weighted by Crippen LogP contribution is 2.19. The van der Waals surface area contributed by atoms with Gasteiger partial charge in [-0.1, -0.05) is 27.7 Å². The molecule has 2 aromatic rings. The number of hydrogen-bond acceptors (Lipinski definition) is 3. The molecule has 0 radical (unpaired) electrons. The van der Waals surface area contributed by atoms with Crippen LogP contribution < -0.4 is 10.3 Å². The topological polar surface area (TPSA) is 68.5 Å². The van der Waals surface area contributed by atoms with Crippen molar-refractivity contribution in [2.24, 2.45) is 0 Å². The van der Waals surface area contributed by atoms with Crippen LogP contribution in [0.2, 0.25) is 0 Å². The number of hydrogen-bond donors (Lipinski definition) is 1. The van der Waals surface area contributed by atoms with E-state index in [1.54, 1.807) is 24.3 Å². The Labute approximate surface area is 124 Å². The fourth-order valence-corrected chi connectivity index (χ4v) is 1.69. The first-order valence-electron chi connectivity index (χ1n) is 7.01. The lowest BCUT2D eigenvalue weighted by atomic mass is 10.2. The molecular weight excluding hydrogens is 270 g/mol. The maximum Gasteiger partial charge on any atom is 0.323 e. The summed E-state index contributed by atoms with van der Waals surface area (Å²) >= 11 is 0. The maximum absolute atomic E-state index is 11.6. The highest BCUT2D eigenvalue weighted by molar-refractivity contribution is 5.81. The van der Waals surface area contributed by atoms with E-state index >= 15 is 0 Å². The van der Waals surface area contributed by atoms with Crippen molar-refractivity contribution >= 4 is 16.9 Å². The average Bonchev–Trinajstić information content (AvgIpc) is 2.53. The maximum atomic E-state index is 11.6. The second-order valence-electron chi connectivity index (χ2n) is 3.58. The molecule has 0 saturated heterocycles. The van der Waals surface area contributed by atoms with Crippen molar-refractivity contribution in [3.63, 3.8) is 0 Å². The van der Waals surface area contributed by atoms with Crippen molar-refractivity contribution in [1.29, 1.82) is 0 Å². The summed E-state index contributed by atoms with van der Waals surface area (Å²) in [5, 5.41) is 9.58. The molecule has 0 bridgehead atoms. The molecule has 1 aromatic heterocycles. The van der Waals surface area contributed by atoms with E-state index in [0.717, 1.165) is 5.39 Å². The fourth-order valence-electron chi connectivity index (χ4n) is 1.69. The lowest BCUT2D eigenvalue weighted by molar-refractivity contribution is -0.137. The molecule has 1 aromatic carbocycles. The number of ether oxygens (including phenoxy) is 1. The Bertz CT molecular complexity index is 632. The highest BCUT2D eigenvalue weighted by atomic mass is 16.5. The molecule has 0 unspecified atom stereocenters. The van der Waals surface area contributed by atoms with Crippen molar-refractivity contribution < 1.29 is 14.6 Å². The van der Waals surface area contributed by atoms with Gasteiger partial charge in [-0.05, 0) is 23.6 Å². The van der Waals surface area contributed by atoms with Crippen LogP contribution in [0.4, 0.5) is 0 Å². The number of benzene rings is 1. The quantitative estimate of drug-likeness (QED) is 0.944. The van der Waals surface area contributed by atoms with E-state index in [2.05, 4.69) is 0 Å². The number of fused-ring (bicyclic) bond motifs is 1. The van der Waals surface area contributed by atoms with Crippen molar-refractivity contribution in [3.05, 3.63) is 40.7 Å². The largest absolute Gasteiger partial charge is 0.497 e. The zero-order chi connectivity index (χ0) is 16.4. The lowest BCUT2D eigenvalue weighted by Crippen LogP contribution is -2.23. The molecular formula is C16H23NO4. The van der Waals surface area contributed by atoms with E-state index in [0.29, 0.717) is 11.3 Å². The van der Waals surface area contributed by atoms with E-state index in [1.807, 2.05) is 27.7 Å². The Balaban J connectivity index is 0.000000921. The third-order valence-corrected chi connectivity index (χ3v) is 2.49. The molecule has 0 atom stereocenters. The van der Waals surface area contributed by atoms with Gasteiger partial charge in [-0.3, -0.25) is 14.2 Å². The molecule has 21 heavy (non-hydrogen) atoms. The van der Waals surface area contributed by atoms with Crippen molar-refractivity contribution in [2.45, 2.75) is 34.2 Å². The van der Waals surface area contributed by atoms with Crippen LogP contribution in [0.25, 0.3) is 10.9 Å². The summed E-state index contributed by atoms with van der Waals surface area (Å²) in [7, 11) is 1.52. The first kappa shape index (κ1) is 18.7. The van der Waals surface area contributed by atoms with Gasteiger partial charge in [-0.15, -0.1) is 0 Å². The normalized spacial score (nSPS) is 9.00. The minimum atomic E-state index is -1.05. The van der Waals surface area contributed by atoms with Crippen LogP contribution in [-0.2, 0) is 11.3 Å². The Kier molecular flexibility index (Phi) is 8.53. The first-order chi connectivity index (χ1) is 10.1. The lowest BCUT2D eigenvalue weighted by Gasteiger charge is -2.08. The summed E-state index contributed by atoms with van der Waals surface area (Å²) in [6, 6.07) is 8.22. The van der Waals surface area contributed by atoms with E-state index in [-0.39, 0.29) is 12.1 Å². The summed E-state index contributed by atoms with van der Waals surface area (Å²) in [6.45, 7) is 7.64. The number of methoxy groups -OCH3 is 1. The molecule has 0 aliphatic heterocycles. The smallest absolute Gasteiger partial charge is 0.323 e. The highest BCUT2D eigenvalue weighted by Gasteiger charge is 2.07. The molecule has 0 spiro atoms. The van der Waals surface area contributed by atoms with Gasteiger partial charge in [0.25, 0.3) is 5.56 Å². The monoisotopic (exact) mass is 293 g/mol. The van der Waals surface area contributed by atoms with Crippen LogP contribution in [-0.4, -0.2) is 22.8 Å². The number of aromatic nitrogens is 1. The fraction of sp³-hybridized carbons (Fsp3) is 0.375. The van der Waals surface area contributed by atoms with Crippen molar-refractivity contribution in [3.8, 4) is 5.75 Å². The van der Waals surface area contributed by atoms with Crippen LogP contribution in [0.15, 0.2) is 35.1 Å². The molecule has 1 N–H and O–H groups in total. The standard InChI is InChI=1S/C12H11NO4.2C2H6/c1-17-9-4-2-8-3-5-11(14)13(7-12(15)16)10(8)6-9;2*1-2/h2-6H,7H2,1H3,(H,15,16);2*1-2H3. The van der Waals surface area contributed by atoms with Gasteiger partial charge in [0.1, 0.15) is 12.3 Å². The minimum absolute atomic E-state index is 0.340. The molecule has 5 heteroatoms. The van der Waals surface area contributed by atoms with Gasteiger partial charge in [0, 0.05) is 12.1 Å². The summed E-state index contributed by atoms with van der Waals surface area (Å²) < 4.78 is 6.27. The second kappa shape index (κ2) is 9.58. The zero-order valence-corrected chi connectivity index (χ0v) is 13.2. The predicted molar refractivity (Wildman–Crippen MR) is 85.1 cm³/mol. The summed E-state index contributed by atoms with van der Waals surface area (Å²) in [5.41, 5.74) is 0.215. The van der Waals surface area contributed by atoms with Crippen molar-refractivity contribution in [2.75, 3.05) is 7.11 Å². The molecule has 0 saturated carbocycles. The van der Waals surface area contributed by atoms with Crippen LogP contribution in [0, 0.1) is 0 Å². The van der Waals surface area contributed by atoms with E-state index in [1.165, 1.54) is 17.7 Å². The number of aliphatic carboxylic acids is 1. The SMILES string of the molecule is CC.CC.COc1ccc2ccc(=O)n(CC(=O)O)c2c1. The molecule has 0 fully saturated rings. The average molecular weight is 293 g/mol. The number of carbonyl (C=O) groups is 1. The van der Waals surface area contributed by atoms with Crippen LogP contribution >= 0.6 is 0 Å².